The Labute approximate surface area is 344 Å². The largest absolute Gasteiger partial charge is 0.494 e. The third-order valence-electron chi connectivity index (χ3n) is 15.5. The quantitative estimate of drug-likeness (QED) is 0.163. The highest BCUT2D eigenvalue weighted by atomic mass is 19.4. The minimum atomic E-state index is -4.61. The van der Waals surface area contributed by atoms with Gasteiger partial charge in [0.15, 0.2) is 0 Å². The van der Waals surface area contributed by atoms with Crippen LogP contribution in [0.5, 0.6) is 0 Å². The lowest BCUT2D eigenvalue weighted by Crippen LogP contribution is -2.47. The van der Waals surface area contributed by atoms with Gasteiger partial charge in [0.2, 0.25) is 0 Å². The van der Waals surface area contributed by atoms with Crippen molar-refractivity contribution in [1.82, 2.24) is 0 Å². The van der Waals surface area contributed by atoms with Crippen LogP contribution in [-0.4, -0.2) is 42.8 Å². The van der Waals surface area contributed by atoms with E-state index in [0.717, 1.165) is 77.0 Å². The van der Waals surface area contributed by atoms with E-state index in [-0.39, 0.29) is 0 Å². The van der Waals surface area contributed by atoms with Crippen molar-refractivity contribution in [3.8, 4) is 44.5 Å². The van der Waals surface area contributed by atoms with Crippen molar-refractivity contribution in [3.63, 3.8) is 0 Å². The Balaban J connectivity index is 1.11. The molecule has 0 saturated carbocycles. The van der Waals surface area contributed by atoms with Gasteiger partial charge in [0.1, 0.15) is 5.41 Å². The summed E-state index contributed by atoms with van der Waals surface area (Å²) in [6.45, 7) is 21.8. The van der Waals surface area contributed by atoms with Gasteiger partial charge in [0, 0.05) is 5.41 Å². The molecule has 1 atom stereocenters. The lowest BCUT2D eigenvalue weighted by atomic mass is 9.58. The zero-order valence-corrected chi connectivity index (χ0v) is 35.5. The first kappa shape index (κ1) is 37.6. The number of benzene rings is 6. The molecule has 2 heterocycles. The molecule has 6 aromatic rings. The Morgan fingerprint density at radius 2 is 0.746 bits per heavy atom. The van der Waals surface area contributed by atoms with Crippen molar-refractivity contribution in [1.29, 1.82) is 0 Å². The van der Waals surface area contributed by atoms with E-state index in [1.54, 1.807) is 0 Å². The van der Waals surface area contributed by atoms with E-state index in [1.165, 1.54) is 6.92 Å². The third kappa shape index (κ3) is 4.68. The van der Waals surface area contributed by atoms with E-state index in [9.17, 15) is 0 Å². The maximum absolute atomic E-state index is 16.3. The molecule has 11 rings (SSSR count). The summed E-state index contributed by atoms with van der Waals surface area (Å²) >= 11 is 0. The minimum Gasteiger partial charge on any atom is -0.399 e. The second-order valence-electron chi connectivity index (χ2n) is 20.3. The SMILES string of the molecule is CC1(C)c2cc3c(cc2C(C)(C(F)(F)F)c2cc4c(cc21)-c1cccc2cc(B5OC(C)(C)C(C)(C)O5)cc-4c12)-c1cccc2cc(B4OC(C)(C)C(C)(C)O4)cc-3c12. The average Bonchev–Trinajstić information content (AvgIpc) is 3.79. The molecule has 0 spiro atoms. The van der Waals surface area contributed by atoms with Gasteiger partial charge in [-0.05, 0) is 186 Å². The highest BCUT2D eigenvalue weighted by Gasteiger charge is 2.60. The van der Waals surface area contributed by atoms with Crippen molar-refractivity contribution >= 4 is 46.7 Å². The van der Waals surface area contributed by atoms with Crippen molar-refractivity contribution in [3.05, 3.63) is 107 Å². The Hall–Kier alpha value is -4.40. The molecular formula is C50H47B2F3O4. The molecule has 0 aromatic heterocycles. The van der Waals surface area contributed by atoms with Crippen LogP contribution in [0.4, 0.5) is 13.2 Å². The van der Waals surface area contributed by atoms with Crippen LogP contribution in [0.1, 0.15) is 98.4 Å². The van der Waals surface area contributed by atoms with Gasteiger partial charge in [-0.2, -0.15) is 13.2 Å². The number of hydrogen-bond donors (Lipinski definition) is 0. The van der Waals surface area contributed by atoms with Crippen LogP contribution in [0.25, 0.3) is 66.1 Å². The molecule has 3 aliphatic carbocycles. The zero-order valence-electron chi connectivity index (χ0n) is 35.5. The first-order valence-corrected chi connectivity index (χ1v) is 20.8. The van der Waals surface area contributed by atoms with Crippen molar-refractivity contribution in [2.75, 3.05) is 0 Å². The second-order valence-corrected chi connectivity index (χ2v) is 20.3. The highest BCUT2D eigenvalue weighted by molar-refractivity contribution is 6.63. The molecule has 298 valence electrons. The van der Waals surface area contributed by atoms with E-state index in [4.69, 9.17) is 18.6 Å². The van der Waals surface area contributed by atoms with Gasteiger partial charge < -0.3 is 18.6 Å². The van der Waals surface area contributed by atoms with Gasteiger partial charge in [0.25, 0.3) is 0 Å². The second kappa shape index (κ2) is 11.1. The summed E-state index contributed by atoms with van der Waals surface area (Å²) in [7, 11) is -1.19. The molecule has 5 aliphatic rings. The summed E-state index contributed by atoms with van der Waals surface area (Å²) in [5.74, 6) is 0. The molecule has 9 heteroatoms. The fourth-order valence-electron chi connectivity index (χ4n) is 10.6. The van der Waals surface area contributed by atoms with E-state index in [1.807, 2.05) is 85.7 Å². The fraction of sp³-hybridized carbons (Fsp3) is 0.360. The van der Waals surface area contributed by atoms with Gasteiger partial charge in [-0.3, -0.25) is 0 Å². The Morgan fingerprint density at radius 3 is 1.10 bits per heavy atom. The van der Waals surface area contributed by atoms with Crippen LogP contribution in [0.15, 0.2) is 84.9 Å². The fourth-order valence-corrected chi connectivity index (χ4v) is 10.6. The number of hydrogen-bond acceptors (Lipinski definition) is 4. The average molecular weight is 791 g/mol. The molecule has 6 aromatic carbocycles. The summed E-state index contributed by atoms with van der Waals surface area (Å²) in [6.07, 6.45) is -4.61. The molecular weight excluding hydrogens is 743 g/mol. The molecule has 2 aliphatic heterocycles. The van der Waals surface area contributed by atoms with Crippen molar-refractivity contribution < 1.29 is 31.8 Å². The summed E-state index contributed by atoms with van der Waals surface area (Å²) in [5, 5.41) is 4.08. The standard InChI is InChI=1S/C50H47B2F3O4/c1-44(2)38-22-32-30-16-12-14-26-18-29(52-58-47(7,8)48(9,10)59-52)21-37(42(26)30)35(32)25-41(38)49(11,50(53,54)55)40-24-33-31-17-13-15-27-19-28(51-56-45(3,4)46(5,6)57-51)20-36(43(27)31)34(33)23-39(40)44/h12-25H,1-11H3. The molecule has 2 fully saturated rings. The smallest absolute Gasteiger partial charge is 0.399 e. The van der Waals surface area contributed by atoms with Crippen LogP contribution < -0.4 is 10.9 Å². The number of alkyl halides is 3. The molecule has 0 amide bonds. The first-order valence-electron chi connectivity index (χ1n) is 20.8. The van der Waals surface area contributed by atoms with Crippen LogP contribution >= 0.6 is 0 Å². The van der Waals surface area contributed by atoms with E-state index in [0.29, 0.717) is 22.3 Å². The van der Waals surface area contributed by atoms with Crippen LogP contribution in [0.3, 0.4) is 0 Å². The lowest BCUT2D eigenvalue weighted by molar-refractivity contribution is -0.174. The summed E-state index contributed by atoms with van der Waals surface area (Å²) in [5.41, 5.74) is 5.87. The summed E-state index contributed by atoms with van der Waals surface area (Å²) in [6, 6.07) is 28.5. The number of fused-ring (bicyclic) bond motifs is 8. The number of halogens is 3. The van der Waals surface area contributed by atoms with Crippen LogP contribution in [-0.2, 0) is 29.4 Å². The molecule has 0 radical (unpaired) electrons. The maximum atomic E-state index is 16.3. The van der Waals surface area contributed by atoms with Crippen molar-refractivity contribution in [2.45, 2.75) is 116 Å². The molecule has 59 heavy (non-hydrogen) atoms. The normalized spacial score (nSPS) is 23.2. The predicted octanol–water partition coefficient (Wildman–Crippen LogP) is 11.4. The monoisotopic (exact) mass is 790 g/mol. The zero-order chi connectivity index (χ0) is 41.8. The molecule has 1 unspecified atom stereocenters. The third-order valence-corrected chi connectivity index (χ3v) is 15.5. The molecule has 0 N–H and O–H groups in total. The first-order chi connectivity index (χ1) is 27.5. The lowest BCUT2D eigenvalue weighted by Gasteiger charge is -2.46. The van der Waals surface area contributed by atoms with E-state index in [2.05, 4.69) is 68.4 Å². The van der Waals surface area contributed by atoms with Gasteiger partial charge in [0.05, 0.1) is 22.4 Å². The summed E-state index contributed by atoms with van der Waals surface area (Å²) in [4.78, 5) is 0. The van der Waals surface area contributed by atoms with Crippen molar-refractivity contribution in [2.24, 2.45) is 0 Å². The van der Waals surface area contributed by atoms with Gasteiger partial charge in [-0.15, -0.1) is 0 Å². The van der Waals surface area contributed by atoms with Gasteiger partial charge in [-0.1, -0.05) is 74.5 Å². The van der Waals surface area contributed by atoms with E-state index >= 15 is 13.2 Å². The molecule has 2 saturated heterocycles. The Bertz CT molecular complexity index is 2860. The maximum Gasteiger partial charge on any atom is 0.494 e. The van der Waals surface area contributed by atoms with Gasteiger partial charge >= 0.3 is 20.4 Å². The Morgan fingerprint density at radius 1 is 0.407 bits per heavy atom. The van der Waals surface area contributed by atoms with Crippen LogP contribution in [0.2, 0.25) is 0 Å². The summed E-state index contributed by atoms with van der Waals surface area (Å²) < 4.78 is 74.9. The Kier molecular flexibility index (Phi) is 7.07. The predicted molar refractivity (Wildman–Crippen MR) is 233 cm³/mol. The topological polar surface area (TPSA) is 36.9 Å². The minimum absolute atomic E-state index is 0.292. The number of rotatable bonds is 2. The highest BCUT2D eigenvalue weighted by Crippen LogP contribution is 2.62. The van der Waals surface area contributed by atoms with E-state index < -0.39 is 53.6 Å². The molecule has 0 bridgehead atoms. The van der Waals surface area contributed by atoms with Gasteiger partial charge in [-0.25, -0.2) is 0 Å². The molecule has 4 nitrogen and oxygen atoms in total. The van der Waals surface area contributed by atoms with Crippen LogP contribution in [0, 0.1) is 0 Å².